The van der Waals surface area contributed by atoms with Crippen molar-refractivity contribution in [2.24, 2.45) is 17.8 Å². The Morgan fingerprint density at radius 2 is 2.12 bits per heavy atom. The maximum atomic E-state index is 11.0. The summed E-state index contributed by atoms with van der Waals surface area (Å²) in [5, 5.41) is 0. The first-order chi connectivity index (χ1) is 7.45. The van der Waals surface area contributed by atoms with E-state index in [2.05, 4.69) is 27.4 Å². The Bertz CT molecular complexity index is 262. The summed E-state index contributed by atoms with van der Waals surface area (Å²) in [7, 11) is 0. The molecule has 3 nitrogen and oxygen atoms in total. The van der Waals surface area contributed by atoms with E-state index in [0.717, 1.165) is 6.42 Å². The molecule has 0 aliphatic carbocycles. The smallest absolute Gasteiger partial charge is 0.304 e. The highest BCUT2D eigenvalue weighted by molar-refractivity contribution is 5.66. The van der Waals surface area contributed by atoms with Gasteiger partial charge in [0, 0.05) is 18.8 Å². The lowest BCUT2D eigenvalue weighted by Crippen LogP contribution is -2.43. The highest BCUT2D eigenvalue weighted by atomic mass is 16.7. The van der Waals surface area contributed by atoms with Crippen LogP contribution in [0.5, 0.6) is 0 Å². The number of ether oxygens (including phenoxy) is 2. The van der Waals surface area contributed by atoms with Crippen molar-refractivity contribution < 1.29 is 14.3 Å². The molecular formula is C13H22O3. The molecule has 92 valence electrons. The van der Waals surface area contributed by atoms with Crippen LogP contribution in [0.3, 0.4) is 0 Å². The van der Waals surface area contributed by atoms with Crippen LogP contribution in [0, 0.1) is 17.8 Å². The average Bonchev–Trinajstić information content (AvgIpc) is 2.20. The zero-order chi connectivity index (χ0) is 12.3. The van der Waals surface area contributed by atoms with Gasteiger partial charge >= 0.3 is 5.97 Å². The van der Waals surface area contributed by atoms with Crippen molar-refractivity contribution in [2.75, 3.05) is 0 Å². The Morgan fingerprint density at radius 1 is 1.50 bits per heavy atom. The Morgan fingerprint density at radius 3 is 2.62 bits per heavy atom. The van der Waals surface area contributed by atoms with Crippen LogP contribution in [0.2, 0.25) is 0 Å². The summed E-state index contributed by atoms with van der Waals surface area (Å²) in [5.41, 5.74) is 0. The lowest BCUT2D eigenvalue weighted by atomic mass is 9.84. The summed E-state index contributed by atoms with van der Waals surface area (Å²) in [6.07, 6.45) is 2.60. The van der Waals surface area contributed by atoms with Crippen molar-refractivity contribution in [3.05, 3.63) is 12.7 Å². The molecule has 1 fully saturated rings. The first-order valence-corrected chi connectivity index (χ1v) is 5.91. The minimum absolute atomic E-state index is 0.0954. The molecule has 0 radical (unpaired) electrons. The molecule has 0 aromatic heterocycles. The normalized spacial score (nSPS) is 36.5. The van der Waals surface area contributed by atoms with E-state index >= 15 is 0 Å². The fraction of sp³-hybridized carbons (Fsp3) is 0.769. The molecule has 16 heavy (non-hydrogen) atoms. The zero-order valence-electron chi connectivity index (χ0n) is 10.6. The molecule has 0 unspecified atom stereocenters. The lowest BCUT2D eigenvalue weighted by Gasteiger charge is -2.40. The highest BCUT2D eigenvalue weighted by Gasteiger charge is 2.37. The quantitative estimate of drug-likeness (QED) is 0.548. The number of carbonyl (C=O) groups is 1. The maximum absolute atomic E-state index is 11.0. The van der Waals surface area contributed by atoms with Gasteiger partial charge in [-0.15, -0.1) is 6.58 Å². The predicted octanol–water partition coefficient (Wildman–Crippen LogP) is 2.76. The number of esters is 1. The van der Waals surface area contributed by atoms with Crippen LogP contribution >= 0.6 is 0 Å². The third-order valence-corrected chi connectivity index (χ3v) is 3.23. The van der Waals surface area contributed by atoms with Crippen molar-refractivity contribution in [1.29, 1.82) is 0 Å². The van der Waals surface area contributed by atoms with E-state index < -0.39 is 6.29 Å². The van der Waals surface area contributed by atoms with Crippen LogP contribution in [0.4, 0.5) is 0 Å². The molecule has 0 aromatic carbocycles. The summed E-state index contributed by atoms with van der Waals surface area (Å²) >= 11 is 0. The fourth-order valence-corrected chi connectivity index (χ4v) is 2.34. The van der Waals surface area contributed by atoms with Gasteiger partial charge < -0.3 is 9.47 Å². The Labute approximate surface area is 97.8 Å². The molecule has 0 aromatic rings. The topological polar surface area (TPSA) is 35.5 Å². The van der Waals surface area contributed by atoms with E-state index in [1.54, 1.807) is 0 Å². The van der Waals surface area contributed by atoms with E-state index in [-0.39, 0.29) is 23.9 Å². The van der Waals surface area contributed by atoms with Crippen molar-refractivity contribution in [3.8, 4) is 0 Å². The van der Waals surface area contributed by atoms with Gasteiger partial charge in [0.05, 0.1) is 6.10 Å². The van der Waals surface area contributed by atoms with Crippen LogP contribution in [-0.4, -0.2) is 18.4 Å². The Balaban J connectivity index is 2.67. The van der Waals surface area contributed by atoms with Crippen molar-refractivity contribution >= 4 is 5.97 Å². The second-order valence-electron chi connectivity index (χ2n) is 4.86. The number of hydrogen-bond donors (Lipinski definition) is 0. The van der Waals surface area contributed by atoms with Gasteiger partial charge in [-0.1, -0.05) is 26.8 Å². The van der Waals surface area contributed by atoms with Gasteiger partial charge in [0.25, 0.3) is 0 Å². The van der Waals surface area contributed by atoms with E-state index in [9.17, 15) is 4.79 Å². The monoisotopic (exact) mass is 226 g/mol. The van der Waals surface area contributed by atoms with E-state index in [1.165, 1.54) is 6.92 Å². The molecule has 1 saturated heterocycles. The minimum atomic E-state index is -0.402. The molecule has 0 bridgehead atoms. The van der Waals surface area contributed by atoms with Gasteiger partial charge in [-0.25, -0.2) is 0 Å². The molecular weight excluding hydrogens is 204 g/mol. The minimum Gasteiger partial charge on any atom is -0.436 e. The van der Waals surface area contributed by atoms with Crippen LogP contribution in [-0.2, 0) is 14.3 Å². The van der Waals surface area contributed by atoms with Gasteiger partial charge in [0.15, 0.2) is 0 Å². The van der Waals surface area contributed by atoms with Gasteiger partial charge in [-0.2, -0.15) is 0 Å². The molecule has 3 heteroatoms. The lowest BCUT2D eigenvalue weighted by molar-refractivity contribution is -0.233. The molecule has 1 aliphatic heterocycles. The molecule has 1 rings (SSSR count). The Kier molecular flexibility index (Phi) is 4.54. The van der Waals surface area contributed by atoms with Crippen LogP contribution in [0.1, 0.15) is 34.1 Å². The number of rotatable bonds is 3. The van der Waals surface area contributed by atoms with Crippen LogP contribution in [0.25, 0.3) is 0 Å². The molecule has 1 heterocycles. The second-order valence-corrected chi connectivity index (χ2v) is 4.86. The average molecular weight is 226 g/mol. The second kappa shape index (κ2) is 5.48. The predicted molar refractivity (Wildman–Crippen MR) is 62.7 cm³/mol. The van der Waals surface area contributed by atoms with Crippen molar-refractivity contribution in [3.63, 3.8) is 0 Å². The molecule has 0 amide bonds. The van der Waals surface area contributed by atoms with Gasteiger partial charge in [-0.05, 0) is 12.3 Å². The van der Waals surface area contributed by atoms with Crippen LogP contribution in [0.15, 0.2) is 12.7 Å². The first kappa shape index (κ1) is 13.2. The van der Waals surface area contributed by atoms with Crippen molar-refractivity contribution in [1.82, 2.24) is 0 Å². The zero-order valence-corrected chi connectivity index (χ0v) is 10.6. The summed E-state index contributed by atoms with van der Waals surface area (Å²) in [6.45, 7) is 11.5. The van der Waals surface area contributed by atoms with Gasteiger partial charge in [-0.3, -0.25) is 4.79 Å². The largest absolute Gasteiger partial charge is 0.436 e. The molecule has 0 spiro atoms. The summed E-state index contributed by atoms with van der Waals surface area (Å²) in [5.74, 6) is 0.721. The molecule has 0 N–H and O–H groups in total. The standard InChI is InChI=1S/C13H22O3/c1-6-8(2)12-9(3)7-10(4)13(16-12)15-11(5)14/h6,8-10,12-13H,1,7H2,2-5H3/t8-,9-,10-,12-,13-/m1/s1. The van der Waals surface area contributed by atoms with E-state index in [1.807, 2.05) is 6.08 Å². The van der Waals surface area contributed by atoms with Gasteiger partial charge in [0.2, 0.25) is 6.29 Å². The molecule has 1 aliphatic rings. The van der Waals surface area contributed by atoms with E-state index in [4.69, 9.17) is 9.47 Å². The molecule has 5 atom stereocenters. The number of carbonyl (C=O) groups excluding carboxylic acids is 1. The van der Waals surface area contributed by atoms with E-state index in [0.29, 0.717) is 5.92 Å². The summed E-state index contributed by atoms with van der Waals surface area (Å²) in [4.78, 5) is 11.0. The highest BCUT2D eigenvalue weighted by Crippen LogP contribution is 2.33. The summed E-state index contributed by atoms with van der Waals surface area (Å²) < 4.78 is 11.0. The maximum Gasteiger partial charge on any atom is 0.304 e. The van der Waals surface area contributed by atoms with Gasteiger partial charge in [0.1, 0.15) is 0 Å². The fourth-order valence-electron chi connectivity index (χ4n) is 2.34. The number of hydrogen-bond acceptors (Lipinski definition) is 3. The Hall–Kier alpha value is -0.830. The van der Waals surface area contributed by atoms with Crippen LogP contribution < -0.4 is 0 Å². The third-order valence-electron chi connectivity index (χ3n) is 3.23. The molecule has 0 saturated carbocycles. The summed E-state index contributed by atoms with van der Waals surface area (Å²) in [6, 6.07) is 0. The third kappa shape index (κ3) is 3.08. The first-order valence-electron chi connectivity index (χ1n) is 5.91. The SMILES string of the molecule is C=C[C@@H](C)[C@H]1O[C@@H](OC(C)=O)[C@H](C)C[C@H]1C. The van der Waals surface area contributed by atoms with Crippen molar-refractivity contribution in [2.45, 2.75) is 46.5 Å².